The maximum Gasteiger partial charge on any atom is 0.0495 e. The van der Waals surface area contributed by atoms with E-state index in [1.165, 1.54) is 406 Å². The van der Waals surface area contributed by atoms with Crippen molar-refractivity contribution in [1.29, 1.82) is 0 Å². The van der Waals surface area contributed by atoms with Crippen LogP contribution in [0, 0.1) is 94.8 Å². The van der Waals surface area contributed by atoms with Crippen molar-refractivity contribution in [3.05, 3.63) is 0 Å². The predicted molar refractivity (Wildman–Crippen MR) is 632 cm³/mol. The lowest BCUT2D eigenvalue weighted by Crippen LogP contribution is -2.57. The van der Waals surface area contributed by atoms with E-state index in [4.69, 9.17) is 0 Å². The molecule has 0 amide bonds. The van der Waals surface area contributed by atoms with Gasteiger partial charge in [0.05, 0.1) is 0 Å². The Bertz CT molecular complexity index is 2820. The Hall–Kier alpha value is -3.36. The first-order valence-corrected chi connectivity index (χ1v) is 57.5. The van der Waals surface area contributed by atoms with E-state index in [-0.39, 0.29) is 15.7 Å². The highest BCUT2D eigenvalue weighted by Gasteiger charge is 2.52. The van der Waals surface area contributed by atoms with Gasteiger partial charge >= 0.3 is 0 Å². The maximum atomic E-state index is 2.74. The van der Waals surface area contributed by atoms with Crippen LogP contribution in [-0.2, 0) is 0 Å². The summed E-state index contributed by atoms with van der Waals surface area (Å²) in [4.78, 5) is 33.1. The Morgan fingerprint density at radius 2 is 0.556 bits per heavy atom. The average molecular weight is 1910 g/mol. The van der Waals surface area contributed by atoms with E-state index >= 15 is 0 Å². The van der Waals surface area contributed by atoms with Gasteiger partial charge in [-0.25, -0.2) is 0 Å². The first-order valence-electron chi connectivity index (χ1n) is 57.5. The minimum Gasteiger partial charge on any atom is -0.338 e. The highest BCUT2D eigenvalue weighted by atomic mass is 15.3. The highest BCUT2D eigenvalue weighted by molar-refractivity contribution is 5.44. The van der Waals surface area contributed by atoms with Crippen LogP contribution in [0.15, 0.2) is 0 Å². The summed E-state index contributed by atoms with van der Waals surface area (Å²) in [5.74, 6) is 32.4. The molecular formula is C121H262N14. The standard InChI is InChI=1S/C18H39N.C15H9N.C13H25N.C12H21N.C11H26N2.C10H21N.C9H19N.C8H17N.2C8H19N.C5H14N2.C4H11N.11H2/c1-4-7-10-13-16-19(17-14-11-8-5-2)18-15-12-9-6-3;1-4-5-6-7-8-9-10-11-12-13-14-15-16(2)3;1-14(12-8-4-2-5-9-12)13-10-6-3-7-11-13;1-13(2)12-6-9-3-10(7-12)5-11(4-9)8-12;1-5-12(6-2)10-9-11-13(7-3)8-4;1-3-11(4-2)10-8-6-5-7-9-10;1-10(2)8-9-6-4-3-5-7-9;1-9(2)8-6-4-3-5-7-8;1-4-5-6-7-8-9(2)3;1-4-7-8-9(5-2)6-3;1-6(2)5-7(3)4;1-4-5(2)3;;;;;;;;;;;/h4-18H2,1-3H3;1-3H3;12-13H,2-11H2,1H3;9-11H,3-8H2,1-2H3;5-11H2,1-4H3;10H,3-9H2,1-2H3;9H,3-8H2,1-2H3;8H,3-7H2,1-2H3;2*4-8H2,1-3H3;5H2,1-4H3;4H2,1-3H3;11*1H. The van der Waals surface area contributed by atoms with Crippen LogP contribution >= 0.6 is 0 Å². The second kappa shape index (κ2) is 99.4. The summed E-state index contributed by atoms with van der Waals surface area (Å²) in [6, 6.07) is 6.39. The van der Waals surface area contributed by atoms with Crippen LogP contribution in [0.3, 0.4) is 0 Å². The second-order valence-corrected chi connectivity index (χ2v) is 42.7. The smallest absolute Gasteiger partial charge is 0.0495 e. The van der Waals surface area contributed by atoms with Crippen molar-refractivity contribution in [2.45, 2.75) is 455 Å². The zero-order valence-corrected chi connectivity index (χ0v) is 97.5. The predicted octanol–water partition coefficient (Wildman–Crippen LogP) is 29.0. The average Bonchev–Trinajstić information content (AvgIpc) is 0.744. The van der Waals surface area contributed by atoms with E-state index in [9.17, 15) is 0 Å². The molecule has 0 aromatic rings. The number of rotatable bonds is 45. The summed E-state index contributed by atoms with van der Waals surface area (Å²) in [5, 5.41) is 0. The van der Waals surface area contributed by atoms with Crippen molar-refractivity contribution in [2.24, 2.45) is 23.7 Å². The summed E-state index contributed by atoms with van der Waals surface area (Å²) >= 11 is 0. The van der Waals surface area contributed by atoms with Gasteiger partial charge in [0.1, 0.15) is 0 Å². The lowest BCUT2D eigenvalue weighted by molar-refractivity contribution is -0.0697. The zero-order chi connectivity index (χ0) is 102. The number of unbranched alkanes of at least 4 members (excludes halogenated alkanes) is 13. The van der Waals surface area contributed by atoms with E-state index in [0.29, 0.717) is 5.54 Å². The molecule has 14 heteroatoms. The van der Waals surface area contributed by atoms with Crippen LogP contribution in [0.2, 0.25) is 0 Å². The molecule has 14 nitrogen and oxygen atoms in total. The molecule has 0 heterocycles. The van der Waals surface area contributed by atoms with Gasteiger partial charge in [-0.15, -0.1) is 0 Å². The Balaban J connectivity index is -0.0000000990. The Labute approximate surface area is 867 Å². The lowest BCUT2D eigenvalue weighted by Gasteiger charge is -2.59. The SMILES string of the molecule is CC#CC#CC#CC#CC#CC#CN(C)C.CCCCCCN(C)C.CCCCCCN(CCCCCC)CCCCCC.CCCCN(CC)CC.CCN(C)C.CCN(CC)C1CCCCC1.CCN(CC)CCCN(CC)CC.CN(C)C12CC3CC(CC(C3)C1)C2.CN(C)C1CCCCC1.CN(C)CC1CCCCC1.CN(C)CN(C)C.CN(C1CCCCC1)C1CCCCC1.[HH].[HH].[HH].[HH].[HH].[HH].[HH].[HH].[HH].[HH].[HH]. The van der Waals surface area contributed by atoms with Crippen LogP contribution in [0.5, 0.6) is 0 Å². The van der Waals surface area contributed by atoms with Gasteiger partial charge in [0, 0.05) is 108 Å². The molecule has 9 saturated carbocycles. The molecule has 0 spiro atoms. The molecule has 0 saturated heterocycles. The molecule has 816 valence electrons. The fraction of sp³-hybridized carbons (Fsp3) is 0.901. The molecule has 0 radical (unpaired) electrons. The van der Waals surface area contributed by atoms with Crippen LogP contribution in [0.1, 0.15) is 441 Å². The highest BCUT2D eigenvalue weighted by Crippen LogP contribution is 2.57. The third-order valence-electron chi connectivity index (χ3n) is 28.9. The summed E-state index contributed by atoms with van der Waals surface area (Å²) in [5.41, 5.74) is 0.634. The first kappa shape index (κ1) is 138. The molecule has 9 rings (SSSR count). The van der Waals surface area contributed by atoms with Gasteiger partial charge in [-0.1, -0.05) is 283 Å². The molecular weight excluding hydrogens is 1650 g/mol. The van der Waals surface area contributed by atoms with E-state index in [0.717, 1.165) is 61.1 Å². The molecule has 0 aliphatic heterocycles. The molecule has 0 N–H and O–H groups in total. The summed E-state index contributed by atoms with van der Waals surface area (Å²) < 4.78 is 0. The van der Waals surface area contributed by atoms with Gasteiger partial charge < -0.3 is 58.8 Å². The molecule has 9 aliphatic rings. The summed E-state index contributed by atoms with van der Waals surface area (Å²) in [6.07, 6.45) is 72.1. The normalized spacial score (nSPS) is 18.4. The molecule has 0 aromatic carbocycles. The van der Waals surface area contributed by atoms with E-state index in [1.54, 1.807) is 31.1 Å². The van der Waals surface area contributed by atoms with Crippen LogP contribution in [0.4, 0.5) is 0 Å². The number of hydrogen-bond donors (Lipinski definition) is 0. The largest absolute Gasteiger partial charge is 0.338 e. The Morgan fingerprint density at radius 1 is 0.259 bits per heavy atom. The molecule has 4 bridgehead atoms. The molecule has 9 fully saturated rings. The van der Waals surface area contributed by atoms with Crippen molar-refractivity contribution in [3.63, 3.8) is 0 Å². The fourth-order valence-electron chi connectivity index (χ4n) is 20.6. The van der Waals surface area contributed by atoms with E-state index in [2.05, 4.69) is 338 Å². The van der Waals surface area contributed by atoms with Crippen molar-refractivity contribution in [3.8, 4) is 71.2 Å². The van der Waals surface area contributed by atoms with Gasteiger partial charge in [-0.05, 0) is 412 Å². The van der Waals surface area contributed by atoms with Crippen molar-refractivity contribution >= 4 is 0 Å². The minimum absolute atomic E-state index is 0. The first-order chi connectivity index (χ1) is 64.9. The Morgan fingerprint density at radius 3 is 0.815 bits per heavy atom. The quantitative estimate of drug-likeness (QED) is 0.0252. The topological polar surface area (TPSA) is 45.4 Å². The Kier molecular flexibility index (Phi) is 102. The molecule has 0 aromatic heterocycles. The van der Waals surface area contributed by atoms with Crippen LogP contribution in [-0.4, -0.2) is 336 Å². The lowest BCUT2D eigenvalue weighted by atomic mass is 9.52. The van der Waals surface area contributed by atoms with E-state index < -0.39 is 0 Å². The van der Waals surface area contributed by atoms with Gasteiger partial charge in [0.25, 0.3) is 0 Å². The summed E-state index contributed by atoms with van der Waals surface area (Å²) in [6.45, 7) is 55.4. The van der Waals surface area contributed by atoms with Crippen LogP contribution < -0.4 is 0 Å². The van der Waals surface area contributed by atoms with Crippen molar-refractivity contribution in [1.82, 2.24) is 68.6 Å². The van der Waals surface area contributed by atoms with E-state index in [1.807, 2.05) is 14.1 Å². The molecule has 135 heavy (non-hydrogen) atoms. The zero-order valence-electron chi connectivity index (χ0n) is 97.5. The van der Waals surface area contributed by atoms with Crippen LogP contribution in [0.25, 0.3) is 0 Å². The molecule has 9 aliphatic carbocycles. The minimum atomic E-state index is 0. The van der Waals surface area contributed by atoms with Gasteiger partial charge in [-0.2, -0.15) is 0 Å². The maximum absolute atomic E-state index is 2.74. The molecule has 0 unspecified atom stereocenters. The fourth-order valence-corrected chi connectivity index (χ4v) is 20.6. The number of nitrogens with zero attached hydrogens (tertiary/aromatic N) is 14. The van der Waals surface area contributed by atoms with Crippen molar-refractivity contribution < 1.29 is 15.7 Å². The molecule has 0 atom stereocenters. The van der Waals surface area contributed by atoms with Crippen molar-refractivity contribution in [2.75, 3.05) is 238 Å². The van der Waals surface area contributed by atoms with Gasteiger partial charge in [0.15, 0.2) is 0 Å². The number of hydrogen-bond acceptors (Lipinski definition) is 14. The summed E-state index contributed by atoms with van der Waals surface area (Å²) in [7, 11) is 36.0. The third-order valence-corrected chi connectivity index (χ3v) is 28.9. The van der Waals surface area contributed by atoms with Gasteiger partial charge in [0.2, 0.25) is 0 Å². The monoisotopic (exact) mass is 1910 g/mol. The van der Waals surface area contributed by atoms with Gasteiger partial charge in [-0.3, -0.25) is 9.80 Å². The third kappa shape index (κ3) is 85.9. The second-order valence-electron chi connectivity index (χ2n) is 42.7.